The number of thioether (sulfide) groups is 1. The maximum atomic E-state index is 6.58. The summed E-state index contributed by atoms with van der Waals surface area (Å²) in [6.45, 7) is 18.7. The van der Waals surface area contributed by atoms with Gasteiger partial charge in [0.05, 0.1) is 0 Å². The summed E-state index contributed by atoms with van der Waals surface area (Å²) in [6, 6.07) is 0.188. The second-order valence-electron chi connectivity index (χ2n) is 15.7. The first-order valence-electron chi connectivity index (χ1n) is 16.5. The summed E-state index contributed by atoms with van der Waals surface area (Å²) in [6.07, 6.45) is 20.3. The Morgan fingerprint density at radius 3 is 1.43 bits per heavy atom. The lowest BCUT2D eigenvalue weighted by atomic mass is 9.77. The number of nitrogens with two attached hydrogens (primary N) is 1. The smallest absolute Gasteiger partial charge is 0.232 e. The molecule has 0 spiro atoms. The Kier molecular flexibility index (Phi) is 10.1. The summed E-state index contributed by atoms with van der Waals surface area (Å²) < 4.78 is 0. The second kappa shape index (κ2) is 12.7. The normalized spacial score (nSPS) is 26.6. The third-order valence-electron chi connectivity index (χ3n) is 9.84. The summed E-state index contributed by atoms with van der Waals surface area (Å²) in [7, 11) is 0. The fourth-order valence-corrected chi connectivity index (χ4v) is 9.55. The van der Waals surface area contributed by atoms with Crippen LogP contribution in [0.1, 0.15) is 158 Å². The van der Waals surface area contributed by atoms with Crippen LogP contribution in [-0.4, -0.2) is 48.4 Å². The summed E-state index contributed by atoms with van der Waals surface area (Å²) in [5.74, 6) is 1.69. The third kappa shape index (κ3) is 7.65. The van der Waals surface area contributed by atoms with Crippen molar-refractivity contribution in [2.75, 3.05) is 9.80 Å². The summed E-state index contributed by atoms with van der Waals surface area (Å²) in [5.41, 5.74) is 6.29. The molecule has 1 aromatic rings. The van der Waals surface area contributed by atoms with E-state index in [4.69, 9.17) is 20.7 Å². The fourth-order valence-electron chi connectivity index (χ4n) is 8.42. The summed E-state index contributed by atoms with van der Waals surface area (Å²) >= 11 is 1.93. The van der Waals surface area contributed by atoms with Crippen molar-refractivity contribution in [2.24, 2.45) is 5.73 Å². The van der Waals surface area contributed by atoms with Gasteiger partial charge in [0.15, 0.2) is 5.16 Å². The van der Waals surface area contributed by atoms with Crippen molar-refractivity contribution in [1.82, 2.24) is 15.0 Å². The zero-order valence-corrected chi connectivity index (χ0v) is 28.0. The molecule has 3 aliphatic rings. The Hall–Kier alpha value is -1.08. The molecule has 2 saturated heterocycles. The van der Waals surface area contributed by atoms with Gasteiger partial charge in [-0.25, -0.2) is 0 Å². The average Bonchev–Trinajstić information content (AvgIpc) is 2.77. The molecule has 1 aromatic heterocycles. The number of piperidine rings is 2. The van der Waals surface area contributed by atoms with Gasteiger partial charge in [-0.3, -0.25) is 0 Å². The molecule has 6 nitrogen and oxygen atoms in total. The van der Waals surface area contributed by atoms with Crippen LogP contribution in [0.5, 0.6) is 0 Å². The van der Waals surface area contributed by atoms with Crippen LogP contribution < -0.4 is 15.5 Å². The molecule has 0 amide bonds. The molecule has 2 N–H and O–H groups in total. The van der Waals surface area contributed by atoms with E-state index in [1.165, 1.54) is 77.0 Å². The van der Waals surface area contributed by atoms with E-state index >= 15 is 0 Å². The maximum Gasteiger partial charge on any atom is 0.232 e. The van der Waals surface area contributed by atoms with E-state index < -0.39 is 0 Å². The van der Waals surface area contributed by atoms with E-state index in [-0.39, 0.29) is 28.2 Å². The van der Waals surface area contributed by atoms with Gasteiger partial charge >= 0.3 is 0 Å². The molecular formula is C33H60N6S. The molecule has 0 unspecified atom stereocenters. The Morgan fingerprint density at radius 2 is 0.975 bits per heavy atom. The van der Waals surface area contributed by atoms with E-state index in [0.717, 1.165) is 42.7 Å². The van der Waals surface area contributed by atoms with Crippen LogP contribution in [0.25, 0.3) is 0 Å². The van der Waals surface area contributed by atoms with Gasteiger partial charge < -0.3 is 15.5 Å². The van der Waals surface area contributed by atoms with Gasteiger partial charge in [-0.05, 0) is 100 Å². The highest BCUT2D eigenvalue weighted by molar-refractivity contribution is 7.99. The van der Waals surface area contributed by atoms with Crippen LogP contribution in [0.4, 0.5) is 11.9 Å². The van der Waals surface area contributed by atoms with Crippen LogP contribution in [0, 0.1) is 0 Å². The minimum absolute atomic E-state index is 0.00917. The van der Waals surface area contributed by atoms with Gasteiger partial charge in [0.1, 0.15) is 0 Å². The molecule has 7 heteroatoms. The standard InChI is InChI=1S/C33H60N6S/c1-30(2)21-18-22-31(3,4)38(30)27-35-28(39-32(5,6)23-25(34)24-33(39,7)8)37-29(36-27)40-26-19-16-14-12-10-9-11-13-15-17-20-26/h25-26H,9-24,34H2,1-8H3. The van der Waals surface area contributed by atoms with Crippen molar-refractivity contribution in [1.29, 1.82) is 0 Å². The van der Waals surface area contributed by atoms with Crippen LogP contribution in [0.3, 0.4) is 0 Å². The number of hydrogen-bond donors (Lipinski definition) is 1. The molecule has 1 aliphatic carbocycles. The van der Waals surface area contributed by atoms with Gasteiger partial charge in [-0.15, -0.1) is 0 Å². The van der Waals surface area contributed by atoms with Crippen molar-refractivity contribution in [2.45, 2.75) is 197 Å². The molecule has 2 aliphatic heterocycles. The number of rotatable bonds is 4. The summed E-state index contributed by atoms with van der Waals surface area (Å²) in [5, 5.41) is 1.48. The molecule has 0 aromatic carbocycles. The topological polar surface area (TPSA) is 71.2 Å². The van der Waals surface area contributed by atoms with E-state index in [1.54, 1.807) is 0 Å². The lowest BCUT2D eigenvalue weighted by Gasteiger charge is -2.55. The molecule has 3 heterocycles. The number of aromatic nitrogens is 3. The van der Waals surface area contributed by atoms with Gasteiger partial charge in [-0.1, -0.05) is 69.5 Å². The fraction of sp³-hybridized carbons (Fsp3) is 0.909. The van der Waals surface area contributed by atoms with Gasteiger partial charge in [0.25, 0.3) is 0 Å². The molecule has 0 atom stereocenters. The maximum absolute atomic E-state index is 6.58. The van der Waals surface area contributed by atoms with Crippen molar-refractivity contribution < 1.29 is 0 Å². The Balaban J connectivity index is 1.74. The third-order valence-corrected chi connectivity index (χ3v) is 11.0. The zero-order valence-electron chi connectivity index (χ0n) is 27.2. The molecule has 4 rings (SSSR count). The Bertz CT molecular complexity index is 928. The number of anilines is 2. The van der Waals surface area contributed by atoms with Gasteiger partial charge in [0.2, 0.25) is 11.9 Å². The monoisotopic (exact) mass is 572 g/mol. The largest absolute Gasteiger partial charge is 0.330 e. The molecule has 1 saturated carbocycles. The molecule has 40 heavy (non-hydrogen) atoms. The second-order valence-corrected chi connectivity index (χ2v) is 16.9. The highest BCUT2D eigenvalue weighted by Crippen LogP contribution is 2.44. The SMILES string of the molecule is CC1(C)CCCC(C)(C)N1c1nc(SC2CCCCCCCCCCC2)nc(N2C(C)(C)CC(N)CC2(C)C)n1. The molecule has 0 bridgehead atoms. The first-order valence-corrected chi connectivity index (χ1v) is 17.4. The van der Waals surface area contributed by atoms with E-state index in [2.05, 4.69) is 65.2 Å². The van der Waals surface area contributed by atoms with Gasteiger partial charge in [0, 0.05) is 33.4 Å². The quantitative estimate of drug-likeness (QED) is 0.387. The van der Waals surface area contributed by atoms with Crippen LogP contribution in [0.2, 0.25) is 0 Å². The van der Waals surface area contributed by atoms with Crippen molar-refractivity contribution in [3.8, 4) is 0 Å². The van der Waals surface area contributed by atoms with E-state index in [1.807, 2.05) is 11.8 Å². The molecule has 228 valence electrons. The first-order chi connectivity index (χ1) is 18.7. The van der Waals surface area contributed by atoms with E-state index in [9.17, 15) is 0 Å². The van der Waals surface area contributed by atoms with E-state index in [0.29, 0.717) is 5.25 Å². The number of hydrogen-bond acceptors (Lipinski definition) is 7. The lowest BCUT2D eigenvalue weighted by molar-refractivity contribution is 0.214. The first kappa shape index (κ1) is 31.8. The van der Waals surface area contributed by atoms with Crippen molar-refractivity contribution in [3.05, 3.63) is 0 Å². The average molecular weight is 573 g/mol. The highest BCUT2D eigenvalue weighted by Gasteiger charge is 2.47. The minimum Gasteiger partial charge on any atom is -0.330 e. The van der Waals surface area contributed by atoms with Crippen LogP contribution in [-0.2, 0) is 0 Å². The zero-order chi connectivity index (χ0) is 29.2. The predicted molar refractivity (Wildman–Crippen MR) is 173 cm³/mol. The molecular weight excluding hydrogens is 512 g/mol. The van der Waals surface area contributed by atoms with Crippen molar-refractivity contribution >= 4 is 23.7 Å². The Morgan fingerprint density at radius 1 is 0.575 bits per heavy atom. The van der Waals surface area contributed by atoms with Crippen LogP contribution >= 0.6 is 11.8 Å². The van der Waals surface area contributed by atoms with Crippen LogP contribution in [0.15, 0.2) is 5.16 Å². The Labute approximate surface area is 250 Å². The van der Waals surface area contributed by atoms with Crippen molar-refractivity contribution in [3.63, 3.8) is 0 Å². The predicted octanol–water partition coefficient (Wildman–Crippen LogP) is 8.67. The highest BCUT2D eigenvalue weighted by atomic mass is 32.2. The molecule has 0 radical (unpaired) electrons. The summed E-state index contributed by atoms with van der Waals surface area (Å²) in [4.78, 5) is 20.9. The minimum atomic E-state index is -0.137. The number of nitrogens with zero attached hydrogens (tertiary/aromatic N) is 5. The van der Waals surface area contributed by atoms with Gasteiger partial charge in [-0.2, -0.15) is 15.0 Å². The lowest BCUT2D eigenvalue weighted by Crippen LogP contribution is -2.64. The molecule has 3 fully saturated rings.